The van der Waals surface area contributed by atoms with Gasteiger partial charge in [-0.05, 0) is 42.7 Å². The zero-order valence-corrected chi connectivity index (χ0v) is 12.5. The lowest BCUT2D eigenvalue weighted by molar-refractivity contribution is -0.117. The lowest BCUT2D eigenvalue weighted by atomic mass is 10.2. The first-order chi connectivity index (χ1) is 10.1. The maximum absolute atomic E-state index is 11.9. The summed E-state index contributed by atoms with van der Waals surface area (Å²) < 4.78 is 0. The van der Waals surface area contributed by atoms with Crippen molar-refractivity contribution in [3.05, 3.63) is 29.8 Å². The Balaban J connectivity index is 1.94. The Labute approximate surface area is 127 Å². The summed E-state index contributed by atoms with van der Waals surface area (Å²) in [7, 11) is 0. The van der Waals surface area contributed by atoms with Crippen LogP contribution >= 0.6 is 11.8 Å². The van der Waals surface area contributed by atoms with Crippen LogP contribution in [0, 0.1) is 0 Å². The Morgan fingerprint density at radius 3 is 2.62 bits per heavy atom. The number of amides is 4. The maximum atomic E-state index is 11.9. The highest BCUT2D eigenvalue weighted by Gasteiger charge is 2.27. The third-order valence-electron chi connectivity index (χ3n) is 3.05. The molecular formula is C14H17N3O3S. The molecule has 1 aromatic carbocycles. The summed E-state index contributed by atoms with van der Waals surface area (Å²) in [4.78, 5) is 35.9. The molecule has 1 fully saturated rings. The number of rotatable bonds is 6. The van der Waals surface area contributed by atoms with Gasteiger partial charge in [-0.15, -0.1) is 0 Å². The standard InChI is InChI=1S/C14H17N3O3S/c1-21-8-2-7-15-13(19)10-3-5-11(6-4-10)17-9-12(18)16-14(17)20/h3-6H,2,7-9H2,1H3,(H,15,19)(H,16,18,20). The zero-order valence-electron chi connectivity index (χ0n) is 11.7. The summed E-state index contributed by atoms with van der Waals surface area (Å²) in [5, 5.41) is 5.05. The van der Waals surface area contributed by atoms with E-state index in [2.05, 4.69) is 10.6 Å². The van der Waals surface area contributed by atoms with Gasteiger partial charge in [0.1, 0.15) is 6.54 Å². The van der Waals surface area contributed by atoms with Crippen molar-refractivity contribution in [1.82, 2.24) is 10.6 Å². The van der Waals surface area contributed by atoms with E-state index < -0.39 is 6.03 Å². The van der Waals surface area contributed by atoms with Gasteiger partial charge < -0.3 is 5.32 Å². The van der Waals surface area contributed by atoms with Crippen LogP contribution in [0.3, 0.4) is 0 Å². The van der Waals surface area contributed by atoms with Crippen LogP contribution in [0.15, 0.2) is 24.3 Å². The van der Waals surface area contributed by atoms with Crippen LogP contribution in [0.4, 0.5) is 10.5 Å². The Hall–Kier alpha value is -2.02. The average molecular weight is 307 g/mol. The largest absolute Gasteiger partial charge is 0.352 e. The molecule has 4 amide bonds. The van der Waals surface area contributed by atoms with Gasteiger partial charge in [-0.2, -0.15) is 11.8 Å². The zero-order chi connectivity index (χ0) is 15.2. The first kappa shape index (κ1) is 15.4. The first-order valence-electron chi connectivity index (χ1n) is 6.60. The predicted molar refractivity (Wildman–Crippen MR) is 82.7 cm³/mol. The van der Waals surface area contributed by atoms with Crippen LogP contribution in [0.25, 0.3) is 0 Å². The summed E-state index contributed by atoms with van der Waals surface area (Å²) >= 11 is 1.74. The summed E-state index contributed by atoms with van der Waals surface area (Å²) in [6, 6.07) is 6.18. The fourth-order valence-corrected chi connectivity index (χ4v) is 2.40. The number of thioether (sulfide) groups is 1. The molecule has 21 heavy (non-hydrogen) atoms. The molecule has 0 atom stereocenters. The molecule has 1 saturated heterocycles. The van der Waals surface area contributed by atoms with E-state index >= 15 is 0 Å². The summed E-state index contributed by atoms with van der Waals surface area (Å²) in [5.41, 5.74) is 1.13. The van der Waals surface area contributed by atoms with Crippen LogP contribution in [-0.2, 0) is 4.79 Å². The molecule has 0 spiro atoms. The van der Waals surface area contributed by atoms with Gasteiger partial charge in [-0.1, -0.05) is 0 Å². The highest BCUT2D eigenvalue weighted by Crippen LogP contribution is 2.17. The van der Waals surface area contributed by atoms with Gasteiger partial charge in [0.2, 0.25) is 5.91 Å². The minimum atomic E-state index is -0.436. The molecule has 7 heteroatoms. The van der Waals surface area contributed by atoms with Crippen molar-refractivity contribution in [2.75, 3.05) is 30.0 Å². The molecule has 0 aliphatic carbocycles. The number of imide groups is 1. The lowest BCUT2D eigenvalue weighted by Gasteiger charge is -2.13. The van der Waals surface area contributed by atoms with Crippen molar-refractivity contribution in [3.8, 4) is 0 Å². The monoisotopic (exact) mass is 307 g/mol. The molecular weight excluding hydrogens is 290 g/mol. The molecule has 0 unspecified atom stereocenters. The van der Waals surface area contributed by atoms with Crippen LogP contribution < -0.4 is 15.5 Å². The van der Waals surface area contributed by atoms with E-state index in [1.54, 1.807) is 36.0 Å². The van der Waals surface area contributed by atoms with Crippen molar-refractivity contribution >= 4 is 35.3 Å². The van der Waals surface area contributed by atoms with E-state index in [0.717, 1.165) is 12.2 Å². The topological polar surface area (TPSA) is 78.5 Å². The number of urea groups is 1. The Kier molecular flexibility index (Phi) is 5.21. The van der Waals surface area contributed by atoms with Crippen molar-refractivity contribution in [2.45, 2.75) is 6.42 Å². The SMILES string of the molecule is CSCCCNC(=O)c1ccc(N2CC(=O)NC2=O)cc1. The summed E-state index contributed by atoms with van der Waals surface area (Å²) in [5.74, 6) is 0.553. The van der Waals surface area contributed by atoms with Crippen LogP contribution in [0.1, 0.15) is 16.8 Å². The molecule has 1 aromatic rings. The van der Waals surface area contributed by atoms with Gasteiger partial charge in [0.05, 0.1) is 0 Å². The van der Waals surface area contributed by atoms with Crippen molar-refractivity contribution in [1.29, 1.82) is 0 Å². The molecule has 1 heterocycles. The number of anilines is 1. The number of hydrogen-bond donors (Lipinski definition) is 2. The van der Waals surface area contributed by atoms with E-state index in [1.807, 2.05) is 6.26 Å². The maximum Gasteiger partial charge on any atom is 0.329 e. The fraction of sp³-hybridized carbons (Fsp3) is 0.357. The molecule has 1 aliphatic rings. The normalized spacial score (nSPS) is 14.2. The molecule has 2 N–H and O–H groups in total. The first-order valence-corrected chi connectivity index (χ1v) is 8.00. The second-order valence-corrected chi connectivity index (χ2v) is 5.57. The molecule has 1 aliphatic heterocycles. The summed E-state index contributed by atoms with van der Waals surface area (Å²) in [6.45, 7) is 0.656. The fourth-order valence-electron chi connectivity index (χ4n) is 1.96. The number of carbonyl (C=O) groups is 3. The van der Waals surface area contributed by atoms with Gasteiger partial charge in [0.15, 0.2) is 0 Å². The van der Waals surface area contributed by atoms with Gasteiger partial charge in [0, 0.05) is 17.8 Å². The Morgan fingerprint density at radius 1 is 1.33 bits per heavy atom. The molecule has 0 radical (unpaired) electrons. The van der Waals surface area contributed by atoms with E-state index in [4.69, 9.17) is 0 Å². The molecule has 0 aromatic heterocycles. The van der Waals surface area contributed by atoms with E-state index in [9.17, 15) is 14.4 Å². The second kappa shape index (κ2) is 7.12. The van der Waals surface area contributed by atoms with Gasteiger partial charge in [-0.3, -0.25) is 19.8 Å². The Bertz CT molecular complexity index is 545. The van der Waals surface area contributed by atoms with Crippen LogP contribution in [0.2, 0.25) is 0 Å². The third-order valence-corrected chi connectivity index (χ3v) is 3.74. The summed E-state index contributed by atoms with van der Waals surface area (Å²) in [6.07, 6.45) is 2.96. The number of benzene rings is 1. The number of carbonyl (C=O) groups excluding carboxylic acids is 3. The predicted octanol–water partition coefficient (Wildman–Crippen LogP) is 1.23. The number of nitrogens with one attached hydrogen (secondary N) is 2. The Morgan fingerprint density at radius 2 is 2.05 bits per heavy atom. The smallest absolute Gasteiger partial charge is 0.329 e. The highest BCUT2D eigenvalue weighted by atomic mass is 32.2. The molecule has 112 valence electrons. The van der Waals surface area contributed by atoms with Crippen molar-refractivity contribution in [3.63, 3.8) is 0 Å². The third kappa shape index (κ3) is 3.98. The molecule has 6 nitrogen and oxygen atoms in total. The minimum absolute atomic E-state index is 0.0130. The van der Waals surface area contributed by atoms with E-state index in [0.29, 0.717) is 17.8 Å². The van der Waals surface area contributed by atoms with E-state index in [1.165, 1.54) is 4.90 Å². The molecule has 0 saturated carbocycles. The van der Waals surface area contributed by atoms with Crippen molar-refractivity contribution in [2.24, 2.45) is 0 Å². The van der Waals surface area contributed by atoms with Crippen LogP contribution in [0.5, 0.6) is 0 Å². The van der Waals surface area contributed by atoms with Gasteiger partial charge >= 0.3 is 6.03 Å². The highest BCUT2D eigenvalue weighted by molar-refractivity contribution is 7.98. The molecule has 0 bridgehead atoms. The van der Waals surface area contributed by atoms with E-state index in [-0.39, 0.29) is 18.4 Å². The average Bonchev–Trinajstić information content (AvgIpc) is 2.82. The quantitative estimate of drug-likeness (QED) is 0.612. The van der Waals surface area contributed by atoms with Crippen molar-refractivity contribution < 1.29 is 14.4 Å². The van der Waals surface area contributed by atoms with Gasteiger partial charge in [-0.25, -0.2) is 4.79 Å². The van der Waals surface area contributed by atoms with Crippen LogP contribution in [-0.4, -0.2) is 42.9 Å². The lowest BCUT2D eigenvalue weighted by Crippen LogP contribution is -2.28. The number of hydrogen-bond acceptors (Lipinski definition) is 4. The number of nitrogens with zero attached hydrogens (tertiary/aromatic N) is 1. The second-order valence-electron chi connectivity index (χ2n) is 4.59. The molecule has 2 rings (SSSR count). The van der Waals surface area contributed by atoms with Gasteiger partial charge in [0.25, 0.3) is 5.91 Å². The minimum Gasteiger partial charge on any atom is -0.352 e.